The Morgan fingerprint density at radius 3 is 2.60 bits per heavy atom. The second-order valence-corrected chi connectivity index (χ2v) is 6.92. The first-order chi connectivity index (χ1) is 11.9. The molecule has 0 amide bonds. The zero-order valence-corrected chi connectivity index (χ0v) is 14.2. The third kappa shape index (κ3) is 5.83. The number of Topliss-reactive ketones (excluding diaryl/α,β-unsaturated/α-hetero) is 1. The summed E-state index contributed by atoms with van der Waals surface area (Å²) in [5.74, 6) is -0.140. The van der Waals surface area contributed by atoms with E-state index in [4.69, 9.17) is 10.3 Å². The third-order valence-corrected chi connectivity index (χ3v) is 3.70. The Morgan fingerprint density at radius 2 is 1.96 bits per heavy atom. The van der Waals surface area contributed by atoms with Gasteiger partial charge in [-0.2, -0.15) is 0 Å². The molecule has 0 saturated heterocycles. The summed E-state index contributed by atoms with van der Waals surface area (Å²) in [6.45, 7) is -0.107. The fourth-order valence-electron chi connectivity index (χ4n) is 2.03. The van der Waals surface area contributed by atoms with Gasteiger partial charge in [-0.05, 0) is 29.3 Å². The first-order valence-electron chi connectivity index (χ1n) is 7.21. The van der Waals surface area contributed by atoms with Crippen LogP contribution in [0.15, 0.2) is 53.6 Å². The van der Waals surface area contributed by atoms with E-state index >= 15 is 0 Å². The van der Waals surface area contributed by atoms with Crippen LogP contribution in [-0.4, -0.2) is 27.0 Å². The number of ketones is 1. The molecule has 9 heteroatoms. The highest BCUT2D eigenvalue weighted by atomic mass is 32.2. The fourth-order valence-corrected chi connectivity index (χ4v) is 2.59. The number of hydrogen-bond acceptors (Lipinski definition) is 5. The molecule has 0 unspecified atom stereocenters. The second-order valence-electron chi connectivity index (χ2n) is 5.17. The molecule has 0 bridgehead atoms. The van der Waals surface area contributed by atoms with Gasteiger partial charge in [0, 0.05) is 10.5 Å². The van der Waals surface area contributed by atoms with Gasteiger partial charge < -0.3 is 4.74 Å². The predicted octanol–water partition coefficient (Wildman–Crippen LogP) is 3.13. The van der Waals surface area contributed by atoms with E-state index in [2.05, 4.69) is 14.7 Å². The molecule has 0 fully saturated rings. The highest BCUT2D eigenvalue weighted by Crippen LogP contribution is 2.28. The Bertz CT molecular complexity index is 907. The average Bonchev–Trinajstić information content (AvgIpc) is 2.58. The number of anilines is 1. The number of sulfonamides is 1. The summed E-state index contributed by atoms with van der Waals surface area (Å²) in [6, 6.07) is 13.7. The molecule has 0 atom stereocenters. The van der Waals surface area contributed by atoms with E-state index in [9.17, 15) is 13.2 Å². The number of carbonyl (C=O) groups is 1. The Labute approximate surface area is 145 Å². The van der Waals surface area contributed by atoms with E-state index in [1.165, 1.54) is 18.2 Å². The minimum atomic E-state index is -3.57. The van der Waals surface area contributed by atoms with Crippen LogP contribution in [-0.2, 0) is 16.6 Å². The van der Waals surface area contributed by atoms with Crippen molar-refractivity contribution in [1.82, 2.24) is 0 Å². The largest absolute Gasteiger partial charge is 0.487 e. The lowest BCUT2D eigenvalue weighted by atomic mass is 10.1. The minimum absolute atomic E-state index is 0.144. The molecular formula is C16H16N4O4S. The summed E-state index contributed by atoms with van der Waals surface area (Å²) >= 11 is 0. The zero-order valence-electron chi connectivity index (χ0n) is 13.4. The number of azide groups is 1. The van der Waals surface area contributed by atoms with Gasteiger partial charge in [0.15, 0.2) is 5.78 Å². The molecular weight excluding hydrogens is 344 g/mol. The number of ether oxygens (including phenoxy) is 1. The quantitative estimate of drug-likeness (QED) is 0.336. The normalized spacial score (nSPS) is 10.6. The van der Waals surface area contributed by atoms with Crippen molar-refractivity contribution in [3.05, 3.63) is 70.1 Å². The lowest BCUT2D eigenvalue weighted by molar-refractivity contribution is 0.100. The summed E-state index contributed by atoms with van der Waals surface area (Å²) in [7, 11) is -3.57. The molecule has 2 rings (SSSR count). The highest BCUT2D eigenvalue weighted by molar-refractivity contribution is 7.92. The molecule has 0 aliphatic rings. The maximum atomic E-state index is 11.9. The van der Waals surface area contributed by atoms with Gasteiger partial charge in [-0.3, -0.25) is 9.52 Å². The van der Waals surface area contributed by atoms with Crippen molar-refractivity contribution >= 4 is 21.5 Å². The topological polar surface area (TPSA) is 121 Å². The maximum Gasteiger partial charge on any atom is 0.229 e. The van der Waals surface area contributed by atoms with Crippen LogP contribution in [0.3, 0.4) is 0 Å². The van der Waals surface area contributed by atoms with Crippen LogP contribution in [0.5, 0.6) is 5.75 Å². The molecule has 25 heavy (non-hydrogen) atoms. The first kappa shape index (κ1) is 18.3. The van der Waals surface area contributed by atoms with Gasteiger partial charge >= 0.3 is 0 Å². The van der Waals surface area contributed by atoms with Gasteiger partial charge in [-0.25, -0.2) is 8.42 Å². The van der Waals surface area contributed by atoms with E-state index in [1.54, 1.807) is 0 Å². The maximum absolute atomic E-state index is 11.9. The predicted molar refractivity (Wildman–Crippen MR) is 94.0 cm³/mol. The lowest BCUT2D eigenvalue weighted by Gasteiger charge is -2.13. The van der Waals surface area contributed by atoms with Gasteiger partial charge in [-0.1, -0.05) is 35.4 Å². The molecule has 8 nitrogen and oxygen atoms in total. The van der Waals surface area contributed by atoms with Crippen molar-refractivity contribution in [1.29, 1.82) is 0 Å². The summed E-state index contributed by atoms with van der Waals surface area (Å²) < 4.78 is 31.1. The summed E-state index contributed by atoms with van der Waals surface area (Å²) in [6.07, 6.45) is 1.00. The van der Waals surface area contributed by atoms with Crippen LogP contribution >= 0.6 is 0 Å². The minimum Gasteiger partial charge on any atom is -0.487 e. The van der Waals surface area contributed by atoms with Crippen LogP contribution in [0, 0.1) is 0 Å². The van der Waals surface area contributed by atoms with Crippen LogP contribution in [0.4, 0.5) is 5.69 Å². The molecule has 1 N–H and O–H groups in total. The van der Waals surface area contributed by atoms with E-state index in [0.717, 1.165) is 11.8 Å². The molecule has 2 aromatic rings. The number of nitrogens with zero attached hydrogens (tertiary/aromatic N) is 3. The Hall–Kier alpha value is -3.03. The Morgan fingerprint density at radius 1 is 1.24 bits per heavy atom. The van der Waals surface area contributed by atoms with Gasteiger partial charge in [-0.15, -0.1) is 0 Å². The summed E-state index contributed by atoms with van der Waals surface area (Å²) in [4.78, 5) is 14.5. The zero-order chi connectivity index (χ0) is 18.3. The van der Waals surface area contributed by atoms with E-state index in [1.807, 2.05) is 30.3 Å². The second kappa shape index (κ2) is 8.18. The van der Waals surface area contributed by atoms with E-state index in [0.29, 0.717) is 0 Å². The van der Waals surface area contributed by atoms with E-state index in [-0.39, 0.29) is 30.2 Å². The molecule has 0 saturated carbocycles. The number of rotatable bonds is 8. The van der Waals surface area contributed by atoms with Crippen molar-refractivity contribution in [3.8, 4) is 5.75 Å². The molecule has 0 radical (unpaired) electrons. The molecule has 0 aromatic heterocycles. The average molecular weight is 360 g/mol. The Balaban J connectivity index is 2.27. The SMILES string of the molecule is CS(=O)(=O)Nc1cc(C(=O)CN=[N+]=[N-])ccc1OCc1ccccc1. The van der Waals surface area contributed by atoms with Crippen LogP contribution in [0.25, 0.3) is 10.4 Å². The molecule has 0 spiro atoms. The van der Waals surface area contributed by atoms with Gasteiger partial charge in [0.1, 0.15) is 12.4 Å². The number of nitrogens with one attached hydrogen (secondary N) is 1. The highest BCUT2D eigenvalue weighted by Gasteiger charge is 2.13. The summed E-state index contributed by atoms with van der Waals surface area (Å²) in [5.41, 5.74) is 9.56. The van der Waals surface area contributed by atoms with Crippen LogP contribution in [0.2, 0.25) is 0 Å². The van der Waals surface area contributed by atoms with Crippen LogP contribution in [0.1, 0.15) is 15.9 Å². The first-order valence-corrected chi connectivity index (χ1v) is 9.11. The molecule has 2 aromatic carbocycles. The summed E-state index contributed by atoms with van der Waals surface area (Å²) in [5, 5.41) is 3.21. The molecule has 0 aliphatic carbocycles. The van der Waals surface area contributed by atoms with Crippen molar-refractivity contribution < 1.29 is 17.9 Å². The molecule has 0 heterocycles. The monoisotopic (exact) mass is 360 g/mol. The molecule has 0 aliphatic heterocycles. The van der Waals surface area contributed by atoms with Crippen molar-refractivity contribution in [2.45, 2.75) is 6.61 Å². The number of hydrogen-bond donors (Lipinski definition) is 1. The van der Waals surface area contributed by atoms with Gasteiger partial charge in [0.25, 0.3) is 0 Å². The number of benzene rings is 2. The lowest BCUT2D eigenvalue weighted by Crippen LogP contribution is -2.12. The van der Waals surface area contributed by atoms with Crippen molar-refractivity contribution in [2.24, 2.45) is 5.11 Å². The van der Waals surface area contributed by atoms with Crippen molar-refractivity contribution in [3.63, 3.8) is 0 Å². The third-order valence-electron chi connectivity index (χ3n) is 3.11. The smallest absolute Gasteiger partial charge is 0.229 e. The standard InChI is InChI=1S/C16H16N4O4S/c1-25(22,23)19-14-9-13(15(21)10-18-20-17)7-8-16(14)24-11-12-5-3-2-4-6-12/h2-9,19H,10-11H2,1H3. The fraction of sp³-hybridized carbons (Fsp3) is 0.188. The van der Waals surface area contributed by atoms with Crippen LogP contribution < -0.4 is 9.46 Å². The van der Waals surface area contributed by atoms with Gasteiger partial charge in [0.05, 0.1) is 18.5 Å². The Kier molecular flexibility index (Phi) is 5.99. The van der Waals surface area contributed by atoms with E-state index < -0.39 is 15.8 Å². The van der Waals surface area contributed by atoms with Crippen molar-refractivity contribution in [2.75, 3.05) is 17.5 Å². The number of carbonyl (C=O) groups excluding carboxylic acids is 1. The van der Waals surface area contributed by atoms with Gasteiger partial charge in [0.2, 0.25) is 10.0 Å². The molecule has 130 valence electrons.